The largest absolute Gasteiger partial charge is 0.493 e. The summed E-state index contributed by atoms with van der Waals surface area (Å²) in [6, 6.07) is 18.6. The van der Waals surface area contributed by atoms with Crippen LogP contribution >= 0.6 is 0 Å². The second kappa shape index (κ2) is 7.46. The van der Waals surface area contributed by atoms with E-state index in [9.17, 15) is 4.79 Å². The zero-order chi connectivity index (χ0) is 19.7. The highest BCUT2D eigenvalue weighted by molar-refractivity contribution is 5.81. The summed E-state index contributed by atoms with van der Waals surface area (Å²) in [5.74, 6) is 1.41. The topological polar surface area (TPSA) is 29.5 Å². The van der Waals surface area contributed by atoms with Crippen LogP contribution in [0.15, 0.2) is 67.3 Å². The Morgan fingerprint density at radius 1 is 1.21 bits per heavy atom. The summed E-state index contributed by atoms with van der Waals surface area (Å²) >= 11 is 0. The summed E-state index contributed by atoms with van der Waals surface area (Å²) in [4.78, 5) is 16.0. The molecule has 2 aliphatic heterocycles. The fourth-order valence-electron chi connectivity index (χ4n) is 5.04. The van der Waals surface area contributed by atoms with Crippen LogP contribution in [-0.2, 0) is 11.2 Å². The van der Waals surface area contributed by atoms with Gasteiger partial charge < -0.3 is 9.64 Å². The number of ether oxygens (including phenoxy) is 1. The van der Waals surface area contributed by atoms with E-state index in [4.69, 9.17) is 4.74 Å². The number of hydrogen-bond donors (Lipinski definition) is 0. The Balaban J connectivity index is 1.68. The number of amides is 1. The van der Waals surface area contributed by atoms with Crippen molar-refractivity contribution in [1.82, 2.24) is 4.90 Å². The van der Waals surface area contributed by atoms with Crippen molar-refractivity contribution < 1.29 is 9.53 Å². The van der Waals surface area contributed by atoms with Crippen molar-refractivity contribution in [2.24, 2.45) is 11.8 Å². The number of para-hydroxylation sites is 1. The number of fused-ring (bicyclic) bond motifs is 3. The molecule has 146 valence electrons. The maximum absolute atomic E-state index is 13.9. The van der Waals surface area contributed by atoms with Gasteiger partial charge in [0, 0.05) is 22.9 Å². The standard InChI is InChI=1S/C25H29NO2/c1-4-10-19(15-18-11-6-5-7-12-18)24(27)26-23-20(16-25(26,2)3)17-28-22-14-9-8-13-21(22)23/h4-9,11-14,19-20,23H,1,10,15-17H2,2-3H3/t19-,20+,23+/m0/s1. The van der Waals surface area contributed by atoms with E-state index in [-0.39, 0.29) is 23.4 Å². The third-order valence-electron chi connectivity index (χ3n) is 6.19. The predicted molar refractivity (Wildman–Crippen MR) is 112 cm³/mol. The monoisotopic (exact) mass is 375 g/mol. The Bertz CT molecular complexity index is 858. The van der Waals surface area contributed by atoms with Gasteiger partial charge in [0.1, 0.15) is 5.75 Å². The zero-order valence-electron chi connectivity index (χ0n) is 16.8. The first-order valence-corrected chi connectivity index (χ1v) is 10.2. The molecule has 2 aromatic carbocycles. The predicted octanol–water partition coefficient (Wildman–Crippen LogP) is 5.18. The smallest absolute Gasteiger partial charge is 0.227 e. The van der Waals surface area contributed by atoms with E-state index in [1.807, 2.05) is 42.5 Å². The first-order chi connectivity index (χ1) is 13.5. The van der Waals surface area contributed by atoms with Crippen LogP contribution < -0.4 is 4.74 Å². The van der Waals surface area contributed by atoms with Crippen LogP contribution in [0.25, 0.3) is 0 Å². The molecule has 0 N–H and O–H groups in total. The summed E-state index contributed by atoms with van der Waals surface area (Å²) < 4.78 is 6.01. The molecule has 28 heavy (non-hydrogen) atoms. The molecule has 3 atom stereocenters. The highest BCUT2D eigenvalue weighted by atomic mass is 16.5. The first kappa shape index (κ1) is 18.8. The van der Waals surface area contributed by atoms with Crippen LogP contribution in [0.1, 0.15) is 43.9 Å². The van der Waals surface area contributed by atoms with Crippen molar-refractivity contribution in [3.8, 4) is 5.75 Å². The number of rotatable bonds is 5. The van der Waals surface area contributed by atoms with E-state index in [2.05, 4.69) is 43.5 Å². The molecule has 0 unspecified atom stereocenters. The van der Waals surface area contributed by atoms with E-state index in [0.717, 1.165) is 24.2 Å². The van der Waals surface area contributed by atoms with Crippen molar-refractivity contribution in [3.05, 3.63) is 78.4 Å². The molecule has 0 radical (unpaired) electrons. The fourth-order valence-corrected chi connectivity index (χ4v) is 5.04. The molecule has 3 heteroatoms. The molecule has 2 aromatic rings. The molecule has 0 saturated carbocycles. The number of nitrogens with zero attached hydrogens (tertiary/aromatic N) is 1. The summed E-state index contributed by atoms with van der Waals surface area (Å²) in [6.07, 6.45) is 4.28. The zero-order valence-corrected chi connectivity index (χ0v) is 16.8. The van der Waals surface area contributed by atoms with Gasteiger partial charge in [-0.05, 0) is 44.7 Å². The number of carbonyl (C=O) groups excluding carboxylic acids is 1. The summed E-state index contributed by atoms with van der Waals surface area (Å²) in [7, 11) is 0. The van der Waals surface area contributed by atoms with Gasteiger partial charge >= 0.3 is 0 Å². The van der Waals surface area contributed by atoms with Crippen LogP contribution in [0.3, 0.4) is 0 Å². The molecule has 0 aromatic heterocycles. The highest BCUT2D eigenvalue weighted by Gasteiger charge is 2.52. The number of carbonyl (C=O) groups is 1. The lowest BCUT2D eigenvalue weighted by atomic mass is 9.89. The lowest BCUT2D eigenvalue weighted by molar-refractivity contribution is -0.142. The van der Waals surface area contributed by atoms with Crippen molar-refractivity contribution in [1.29, 1.82) is 0 Å². The molecule has 2 aliphatic rings. The van der Waals surface area contributed by atoms with E-state index < -0.39 is 0 Å². The SMILES string of the molecule is C=CC[C@@H](Cc1ccccc1)C(=O)N1[C@H]2c3ccccc3OC[C@H]2CC1(C)C. The van der Waals surface area contributed by atoms with Gasteiger partial charge in [0.2, 0.25) is 5.91 Å². The molecule has 2 heterocycles. The first-order valence-electron chi connectivity index (χ1n) is 10.2. The normalized spacial score (nSPS) is 23.3. The Hall–Kier alpha value is -2.55. The molecule has 1 amide bonds. The van der Waals surface area contributed by atoms with E-state index in [1.54, 1.807) is 0 Å². The van der Waals surface area contributed by atoms with Crippen LogP contribution in [0.4, 0.5) is 0 Å². The van der Waals surface area contributed by atoms with Gasteiger partial charge in [-0.3, -0.25) is 4.79 Å². The Kier molecular flexibility index (Phi) is 5.01. The van der Waals surface area contributed by atoms with Crippen LogP contribution in [-0.4, -0.2) is 23.0 Å². The summed E-state index contributed by atoms with van der Waals surface area (Å²) in [5, 5.41) is 0. The van der Waals surface area contributed by atoms with Crippen molar-refractivity contribution in [2.45, 2.75) is 44.7 Å². The third-order valence-corrected chi connectivity index (χ3v) is 6.19. The quantitative estimate of drug-likeness (QED) is 0.674. The van der Waals surface area contributed by atoms with Gasteiger partial charge in [0.15, 0.2) is 0 Å². The van der Waals surface area contributed by atoms with Crippen molar-refractivity contribution in [3.63, 3.8) is 0 Å². The molecule has 0 bridgehead atoms. The second-order valence-corrected chi connectivity index (χ2v) is 8.69. The number of hydrogen-bond acceptors (Lipinski definition) is 2. The maximum atomic E-state index is 13.9. The van der Waals surface area contributed by atoms with Gasteiger partial charge in [-0.1, -0.05) is 54.6 Å². The van der Waals surface area contributed by atoms with Crippen LogP contribution in [0.2, 0.25) is 0 Å². The number of benzene rings is 2. The highest BCUT2D eigenvalue weighted by Crippen LogP contribution is 2.51. The number of likely N-dealkylation sites (tertiary alicyclic amines) is 1. The van der Waals surface area contributed by atoms with Gasteiger partial charge in [-0.2, -0.15) is 0 Å². The molecule has 4 rings (SSSR count). The third kappa shape index (κ3) is 3.34. The van der Waals surface area contributed by atoms with Gasteiger partial charge in [0.25, 0.3) is 0 Å². The molecule has 1 saturated heterocycles. The molecular weight excluding hydrogens is 346 g/mol. The maximum Gasteiger partial charge on any atom is 0.227 e. The van der Waals surface area contributed by atoms with Crippen LogP contribution in [0, 0.1) is 11.8 Å². The van der Waals surface area contributed by atoms with Gasteiger partial charge in [-0.15, -0.1) is 6.58 Å². The number of allylic oxidation sites excluding steroid dienone is 1. The minimum Gasteiger partial charge on any atom is -0.493 e. The molecule has 0 spiro atoms. The van der Waals surface area contributed by atoms with Gasteiger partial charge in [0.05, 0.1) is 12.6 Å². The summed E-state index contributed by atoms with van der Waals surface area (Å²) in [6.45, 7) is 8.98. The Morgan fingerprint density at radius 2 is 1.93 bits per heavy atom. The molecule has 3 nitrogen and oxygen atoms in total. The van der Waals surface area contributed by atoms with E-state index >= 15 is 0 Å². The lowest BCUT2D eigenvalue weighted by Crippen LogP contribution is -2.47. The Morgan fingerprint density at radius 3 is 2.68 bits per heavy atom. The summed E-state index contributed by atoms with van der Waals surface area (Å²) in [5.41, 5.74) is 2.15. The lowest BCUT2D eigenvalue weighted by Gasteiger charge is -2.40. The average molecular weight is 376 g/mol. The Labute approximate surface area is 168 Å². The minimum atomic E-state index is -0.191. The molecule has 1 fully saturated rings. The minimum absolute atomic E-state index is 0.0899. The second-order valence-electron chi connectivity index (χ2n) is 8.69. The molecular formula is C25H29NO2. The van der Waals surface area contributed by atoms with Gasteiger partial charge in [-0.25, -0.2) is 0 Å². The fraction of sp³-hybridized carbons (Fsp3) is 0.400. The van der Waals surface area contributed by atoms with Crippen molar-refractivity contribution >= 4 is 5.91 Å². The average Bonchev–Trinajstić information content (AvgIpc) is 2.98. The van der Waals surface area contributed by atoms with Crippen LogP contribution in [0.5, 0.6) is 5.75 Å². The van der Waals surface area contributed by atoms with Crippen molar-refractivity contribution in [2.75, 3.05) is 6.61 Å². The van der Waals surface area contributed by atoms with E-state index in [1.165, 1.54) is 5.56 Å². The van der Waals surface area contributed by atoms with E-state index in [0.29, 0.717) is 18.9 Å². The molecule has 0 aliphatic carbocycles.